The summed E-state index contributed by atoms with van der Waals surface area (Å²) in [6.45, 7) is 3.51. The van der Waals surface area contributed by atoms with Crippen molar-refractivity contribution in [2.45, 2.75) is 25.4 Å². The Morgan fingerprint density at radius 3 is 2.58 bits per heavy atom. The van der Waals surface area contributed by atoms with Crippen LogP contribution in [-0.2, 0) is 4.65 Å². The first-order valence-electron chi connectivity index (χ1n) is 3.90. The van der Waals surface area contributed by atoms with Gasteiger partial charge in [0.1, 0.15) is 0 Å². The van der Waals surface area contributed by atoms with E-state index in [4.69, 9.17) is 26.3 Å². The minimum atomic E-state index is -1.72. The lowest BCUT2D eigenvalue weighted by Gasteiger charge is -2.12. The van der Waals surface area contributed by atoms with Crippen LogP contribution in [0.3, 0.4) is 0 Å². The molecule has 0 radical (unpaired) electrons. The third kappa shape index (κ3) is 6.67. The molecule has 1 unspecified atom stereocenters. The molecule has 0 fully saturated rings. The van der Waals surface area contributed by atoms with E-state index in [-0.39, 0.29) is 6.10 Å². The predicted molar refractivity (Wildman–Crippen MR) is 49.8 cm³/mol. The van der Waals surface area contributed by atoms with Gasteiger partial charge in [0.25, 0.3) is 0 Å². The van der Waals surface area contributed by atoms with E-state index in [1.54, 1.807) is 6.08 Å². The number of rotatable bonds is 7. The lowest BCUT2D eigenvalue weighted by atomic mass is 10.1. The van der Waals surface area contributed by atoms with Crippen LogP contribution in [0.2, 0.25) is 0 Å². The second-order valence-corrected chi connectivity index (χ2v) is 2.80. The van der Waals surface area contributed by atoms with Gasteiger partial charge in [0.05, 0.1) is 6.10 Å². The fraction of sp³-hybridized carbons (Fsp3) is 0.714. The summed E-state index contributed by atoms with van der Waals surface area (Å²) in [6.07, 6.45) is 3.76. The maximum absolute atomic E-state index is 8.47. The van der Waals surface area contributed by atoms with Crippen molar-refractivity contribution in [3.63, 3.8) is 0 Å². The van der Waals surface area contributed by atoms with Gasteiger partial charge in [0.2, 0.25) is 0 Å². The van der Waals surface area contributed by atoms with Gasteiger partial charge in [-0.05, 0) is 19.3 Å². The van der Waals surface area contributed by atoms with Gasteiger partial charge in [-0.25, -0.2) is 0 Å². The van der Waals surface area contributed by atoms with Crippen LogP contribution in [0.25, 0.3) is 0 Å². The third-order valence-electron chi connectivity index (χ3n) is 1.43. The Labute approximate surface area is 78.2 Å². The highest BCUT2D eigenvalue weighted by molar-refractivity contribution is 6.32. The monoisotopic (exact) mass is 192 g/mol. The number of hydrogen-bond acceptors (Lipinski definition) is 3. The number of unbranched alkanes of at least 4 members (excludes halogenated alkanes) is 1. The summed E-state index contributed by atoms with van der Waals surface area (Å²) in [5.41, 5.74) is 0. The molecule has 0 rings (SSSR count). The number of alkyl halides is 1. The Hall–Kier alpha value is -0.0251. The molecule has 0 saturated heterocycles. The quantitative estimate of drug-likeness (QED) is 0.273. The highest BCUT2D eigenvalue weighted by Crippen LogP contribution is 2.06. The van der Waals surface area contributed by atoms with Crippen LogP contribution in [0.1, 0.15) is 19.3 Å². The van der Waals surface area contributed by atoms with Gasteiger partial charge in [0.15, 0.2) is 0 Å². The fourth-order valence-corrected chi connectivity index (χ4v) is 1.03. The minimum absolute atomic E-state index is 0.298. The average molecular weight is 192 g/mol. The molecule has 0 aromatic heterocycles. The second kappa shape index (κ2) is 7.62. The van der Waals surface area contributed by atoms with Gasteiger partial charge < -0.3 is 14.7 Å². The van der Waals surface area contributed by atoms with Crippen molar-refractivity contribution in [2.24, 2.45) is 0 Å². The molecule has 0 amide bonds. The Balaban J connectivity index is 3.46. The van der Waals surface area contributed by atoms with Crippen LogP contribution in [0.15, 0.2) is 12.7 Å². The molecule has 70 valence electrons. The maximum Gasteiger partial charge on any atom is 0.634 e. The minimum Gasteiger partial charge on any atom is -0.402 e. The van der Waals surface area contributed by atoms with E-state index in [9.17, 15) is 0 Å². The van der Waals surface area contributed by atoms with E-state index in [0.717, 1.165) is 12.8 Å². The van der Waals surface area contributed by atoms with Crippen molar-refractivity contribution in [3.05, 3.63) is 12.7 Å². The van der Waals surface area contributed by atoms with Crippen molar-refractivity contribution in [2.75, 3.05) is 5.88 Å². The van der Waals surface area contributed by atoms with Crippen molar-refractivity contribution >= 4 is 18.9 Å². The zero-order valence-electron chi connectivity index (χ0n) is 6.95. The van der Waals surface area contributed by atoms with Gasteiger partial charge in [-0.15, -0.1) is 18.2 Å². The first-order chi connectivity index (χ1) is 5.70. The molecule has 12 heavy (non-hydrogen) atoms. The van der Waals surface area contributed by atoms with E-state index in [0.29, 0.717) is 12.3 Å². The van der Waals surface area contributed by atoms with E-state index in [2.05, 4.69) is 6.58 Å². The molecule has 0 bridgehead atoms. The highest BCUT2D eigenvalue weighted by atomic mass is 35.5. The van der Waals surface area contributed by atoms with Gasteiger partial charge in [-0.2, -0.15) is 0 Å². The second-order valence-electron chi connectivity index (χ2n) is 2.42. The molecule has 5 heteroatoms. The summed E-state index contributed by atoms with van der Waals surface area (Å²) in [5.74, 6) is 0.617. The van der Waals surface area contributed by atoms with Crippen LogP contribution in [0.5, 0.6) is 0 Å². The average Bonchev–Trinajstić information content (AvgIpc) is 2.02. The van der Waals surface area contributed by atoms with E-state index in [1.165, 1.54) is 0 Å². The molecule has 0 spiro atoms. The van der Waals surface area contributed by atoms with Crippen molar-refractivity contribution in [1.82, 2.24) is 0 Å². The van der Waals surface area contributed by atoms with Crippen LogP contribution >= 0.6 is 11.6 Å². The fourth-order valence-electron chi connectivity index (χ4n) is 0.838. The molecule has 0 heterocycles. The first kappa shape index (κ1) is 12.0. The summed E-state index contributed by atoms with van der Waals surface area (Å²) in [7, 11) is -1.72. The predicted octanol–water partition coefficient (Wildman–Crippen LogP) is 0.936. The van der Waals surface area contributed by atoms with Gasteiger partial charge in [-0.3, -0.25) is 0 Å². The Morgan fingerprint density at radius 1 is 1.50 bits per heavy atom. The molecule has 1 atom stereocenters. The Kier molecular flexibility index (Phi) is 7.60. The van der Waals surface area contributed by atoms with Crippen molar-refractivity contribution < 1.29 is 14.7 Å². The molecular formula is C7H14BClO3. The molecule has 2 N–H and O–H groups in total. The zero-order chi connectivity index (χ0) is 9.40. The third-order valence-corrected chi connectivity index (χ3v) is 1.70. The molecule has 3 nitrogen and oxygen atoms in total. The lowest BCUT2D eigenvalue weighted by Crippen LogP contribution is -2.24. The van der Waals surface area contributed by atoms with Crippen molar-refractivity contribution in [1.29, 1.82) is 0 Å². The lowest BCUT2D eigenvalue weighted by molar-refractivity contribution is 0.140. The van der Waals surface area contributed by atoms with Crippen molar-refractivity contribution in [3.8, 4) is 0 Å². The van der Waals surface area contributed by atoms with Crippen LogP contribution in [-0.4, -0.2) is 29.4 Å². The molecule has 0 aliphatic rings. The van der Waals surface area contributed by atoms with E-state index < -0.39 is 7.32 Å². The Bertz CT molecular complexity index is 121. The molecule has 0 aromatic carbocycles. The Morgan fingerprint density at radius 2 is 2.17 bits per heavy atom. The standard InChI is InChI=1S/C7H14BClO3/c1-2-7(12-8(10)11)5-3-4-6-9/h2,7,10-11H,1,3-6H2. The first-order valence-corrected chi connectivity index (χ1v) is 4.44. The van der Waals surface area contributed by atoms with Crippen LogP contribution < -0.4 is 0 Å². The molecule has 0 aliphatic carbocycles. The maximum atomic E-state index is 8.47. The smallest absolute Gasteiger partial charge is 0.402 e. The number of halogens is 1. The molecule has 0 saturated carbocycles. The summed E-state index contributed by atoms with van der Waals surface area (Å²) in [6, 6.07) is 0. The number of hydrogen-bond donors (Lipinski definition) is 2. The summed E-state index contributed by atoms with van der Waals surface area (Å²) in [4.78, 5) is 0. The normalized spacial score (nSPS) is 12.6. The summed E-state index contributed by atoms with van der Waals surface area (Å²) < 4.78 is 4.70. The molecular weight excluding hydrogens is 178 g/mol. The van der Waals surface area contributed by atoms with Gasteiger partial charge in [-0.1, -0.05) is 6.08 Å². The summed E-state index contributed by atoms with van der Waals surface area (Å²) in [5, 5.41) is 16.9. The topological polar surface area (TPSA) is 49.7 Å². The van der Waals surface area contributed by atoms with Gasteiger partial charge in [0, 0.05) is 5.88 Å². The van der Waals surface area contributed by atoms with Crippen LogP contribution in [0, 0.1) is 0 Å². The summed E-state index contributed by atoms with van der Waals surface area (Å²) >= 11 is 5.47. The largest absolute Gasteiger partial charge is 0.634 e. The molecule has 0 aromatic rings. The highest BCUT2D eigenvalue weighted by Gasteiger charge is 2.14. The van der Waals surface area contributed by atoms with Crippen LogP contribution in [0.4, 0.5) is 0 Å². The molecule has 0 aliphatic heterocycles. The van der Waals surface area contributed by atoms with Gasteiger partial charge >= 0.3 is 7.32 Å². The zero-order valence-corrected chi connectivity index (χ0v) is 7.70. The van der Waals surface area contributed by atoms with E-state index in [1.807, 2.05) is 0 Å². The van der Waals surface area contributed by atoms with E-state index >= 15 is 0 Å². The SMILES string of the molecule is C=CC(CCCCCl)OB(O)O.